The second kappa shape index (κ2) is 5.60. The maximum Gasteiger partial charge on any atom is 0.0635 e. The first-order valence-corrected chi connectivity index (χ1v) is 5.13. The molecule has 1 aromatic rings. The second-order valence-electron chi connectivity index (χ2n) is 3.31. The van der Waals surface area contributed by atoms with Crippen molar-refractivity contribution in [1.29, 1.82) is 0 Å². The number of allylic oxidation sites excluding steroid dienone is 1. The van der Waals surface area contributed by atoms with Gasteiger partial charge in [-0.2, -0.15) is 5.10 Å². The molecule has 78 valence electrons. The van der Waals surface area contributed by atoms with Gasteiger partial charge in [0.15, 0.2) is 0 Å². The van der Waals surface area contributed by atoms with Gasteiger partial charge in [-0.1, -0.05) is 6.08 Å². The molecule has 1 rings (SSSR count). The lowest BCUT2D eigenvalue weighted by Gasteiger charge is -2.04. The SMILES string of the molecule is CCn1nccc1C(C)=CCCNC. The molecule has 0 spiro atoms. The Morgan fingerprint density at radius 2 is 2.43 bits per heavy atom. The molecule has 0 amide bonds. The van der Waals surface area contributed by atoms with Gasteiger partial charge in [0.05, 0.1) is 5.69 Å². The lowest BCUT2D eigenvalue weighted by molar-refractivity contribution is 0.651. The first-order valence-electron chi connectivity index (χ1n) is 5.13. The molecule has 0 aliphatic rings. The summed E-state index contributed by atoms with van der Waals surface area (Å²) in [5.41, 5.74) is 2.53. The Bertz CT molecular complexity index is 299. The van der Waals surface area contributed by atoms with E-state index in [0.717, 1.165) is 19.5 Å². The monoisotopic (exact) mass is 193 g/mol. The van der Waals surface area contributed by atoms with Gasteiger partial charge in [0.2, 0.25) is 0 Å². The third-order valence-electron chi connectivity index (χ3n) is 2.26. The first kappa shape index (κ1) is 11.0. The third-order valence-corrected chi connectivity index (χ3v) is 2.26. The van der Waals surface area contributed by atoms with Crippen molar-refractivity contribution in [2.24, 2.45) is 0 Å². The van der Waals surface area contributed by atoms with Crippen molar-refractivity contribution in [3.63, 3.8) is 0 Å². The van der Waals surface area contributed by atoms with E-state index in [0.29, 0.717) is 0 Å². The molecule has 0 unspecified atom stereocenters. The molecule has 14 heavy (non-hydrogen) atoms. The molecular formula is C11H19N3. The van der Waals surface area contributed by atoms with E-state index in [-0.39, 0.29) is 0 Å². The van der Waals surface area contributed by atoms with Gasteiger partial charge in [-0.15, -0.1) is 0 Å². The number of rotatable bonds is 5. The molecule has 1 N–H and O–H groups in total. The Kier molecular flexibility index (Phi) is 4.40. The van der Waals surface area contributed by atoms with Crippen LogP contribution in [0.1, 0.15) is 26.0 Å². The number of aryl methyl sites for hydroxylation is 1. The lowest BCUT2D eigenvalue weighted by Crippen LogP contribution is -2.06. The molecule has 0 aromatic carbocycles. The first-order chi connectivity index (χ1) is 6.79. The zero-order valence-corrected chi connectivity index (χ0v) is 9.25. The van der Waals surface area contributed by atoms with Gasteiger partial charge in [0, 0.05) is 12.7 Å². The summed E-state index contributed by atoms with van der Waals surface area (Å²) < 4.78 is 2.02. The van der Waals surface area contributed by atoms with Crippen LogP contribution >= 0.6 is 0 Å². The minimum Gasteiger partial charge on any atom is -0.319 e. The van der Waals surface area contributed by atoms with Crippen LogP contribution in [0.25, 0.3) is 5.57 Å². The highest BCUT2D eigenvalue weighted by Crippen LogP contribution is 2.13. The summed E-state index contributed by atoms with van der Waals surface area (Å²) in [5, 5.41) is 7.37. The molecule has 0 atom stereocenters. The molecule has 0 fully saturated rings. The predicted molar refractivity (Wildman–Crippen MR) is 60.1 cm³/mol. The van der Waals surface area contributed by atoms with Crippen LogP contribution in [0, 0.1) is 0 Å². The van der Waals surface area contributed by atoms with E-state index in [9.17, 15) is 0 Å². The molecule has 3 nitrogen and oxygen atoms in total. The smallest absolute Gasteiger partial charge is 0.0635 e. The van der Waals surface area contributed by atoms with Crippen LogP contribution in [0.5, 0.6) is 0 Å². The third kappa shape index (κ3) is 2.70. The van der Waals surface area contributed by atoms with Gasteiger partial charge >= 0.3 is 0 Å². The van der Waals surface area contributed by atoms with Crippen molar-refractivity contribution in [1.82, 2.24) is 15.1 Å². The number of nitrogens with zero attached hydrogens (tertiary/aromatic N) is 2. The van der Waals surface area contributed by atoms with Crippen molar-refractivity contribution in [3.8, 4) is 0 Å². The Hall–Kier alpha value is -1.09. The van der Waals surface area contributed by atoms with Crippen molar-refractivity contribution < 1.29 is 0 Å². The summed E-state index contributed by atoms with van der Waals surface area (Å²) in [7, 11) is 1.97. The molecule has 0 saturated heterocycles. The maximum absolute atomic E-state index is 4.24. The summed E-state index contributed by atoms with van der Waals surface area (Å²) in [6.07, 6.45) is 5.17. The number of aromatic nitrogens is 2. The average molecular weight is 193 g/mol. The number of hydrogen-bond donors (Lipinski definition) is 1. The van der Waals surface area contributed by atoms with Gasteiger partial charge in [-0.05, 0) is 45.5 Å². The van der Waals surface area contributed by atoms with E-state index in [1.165, 1.54) is 11.3 Å². The Morgan fingerprint density at radius 1 is 1.64 bits per heavy atom. The van der Waals surface area contributed by atoms with Gasteiger partial charge < -0.3 is 5.32 Å². The van der Waals surface area contributed by atoms with Gasteiger partial charge in [0.1, 0.15) is 0 Å². The van der Waals surface area contributed by atoms with Crippen molar-refractivity contribution in [2.45, 2.75) is 26.8 Å². The van der Waals surface area contributed by atoms with E-state index in [1.807, 2.05) is 17.9 Å². The molecule has 1 heterocycles. The van der Waals surface area contributed by atoms with E-state index in [2.05, 4.69) is 36.4 Å². The summed E-state index contributed by atoms with van der Waals surface area (Å²) in [4.78, 5) is 0. The van der Waals surface area contributed by atoms with Crippen LogP contribution in [0.3, 0.4) is 0 Å². The van der Waals surface area contributed by atoms with Gasteiger partial charge in [-0.25, -0.2) is 0 Å². The second-order valence-corrected chi connectivity index (χ2v) is 3.31. The molecule has 0 aliphatic heterocycles. The minimum atomic E-state index is 0.930. The normalized spacial score (nSPS) is 12.1. The average Bonchev–Trinajstić information content (AvgIpc) is 2.65. The molecule has 1 aromatic heterocycles. The predicted octanol–water partition coefficient (Wildman–Crippen LogP) is 1.92. The molecule has 0 saturated carbocycles. The van der Waals surface area contributed by atoms with Gasteiger partial charge in [0.25, 0.3) is 0 Å². The van der Waals surface area contributed by atoms with Crippen LogP contribution in [0.4, 0.5) is 0 Å². The van der Waals surface area contributed by atoms with Crippen molar-refractivity contribution in [3.05, 3.63) is 24.0 Å². The molecule has 0 aliphatic carbocycles. The largest absolute Gasteiger partial charge is 0.319 e. The Labute approximate surface area is 85.8 Å². The zero-order chi connectivity index (χ0) is 10.4. The highest BCUT2D eigenvalue weighted by molar-refractivity contribution is 5.60. The summed E-state index contributed by atoms with van der Waals surface area (Å²) >= 11 is 0. The summed E-state index contributed by atoms with van der Waals surface area (Å²) in [6.45, 7) is 6.20. The minimum absolute atomic E-state index is 0.930. The van der Waals surface area contributed by atoms with E-state index < -0.39 is 0 Å². The molecule has 0 bridgehead atoms. The van der Waals surface area contributed by atoms with E-state index in [1.54, 1.807) is 0 Å². The van der Waals surface area contributed by atoms with E-state index >= 15 is 0 Å². The topological polar surface area (TPSA) is 29.9 Å². The Balaban J connectivity index is 2.67. The molecular weight excluding hydrogens is 174 g/mol. The van der Waals surface area contributed by atoms with Crippen LogP contribution in [-0.2, 0) is 6.54 Å². The summed E-state index contributed by atoms with van der Waals surface area (Å²) in [6, 6.07) is 2.06. The fourth-order valence-electron chi connectivity index (χ4n) is 1.46. The van der Waals surface area contributed by atoms with Crippen molar-refractivity contribution in [2.75, 3.05) is 13.6 Å². The highest BCUT2D eigenvalue weighted by Gasteiger charge is 2.01. The maximum atomic E-state index is 4.24. The Morgan fingerprint density at radius 3 is 3.07 bits per heavy atom. The van der Waals surface area contributed by atoms with E-state index in [4.69, 9.17) is 0 Å². The molecule has 3 heteroatoms. The quantitative estimate of drug-likeness (QED) is 0.724. The highest BCUT2D eigenvalue weighted by atomic mass is 15.3. The van der Waals surface area contributed by atoms with Crippen LogP contribution < -0.4 is 5.32 Å². The fourth-order valence-corrected chi connectivity index (χ4v) is 1.46. The van der Waals surface area contributed by atoms with Crippen LogP contribution in [0.2, 0.25) is 0 Å². The standard InChI is InChI=1S/C11H19N3/c1-4-14-11(7-9-13-14)10(2)6-5-8-12-3/h6-7,9,12H,4-5,8H2,1-3H3. The van der Waals surface area contributed by atoms with Crippen LogP contribution in [-0.4, -0.2) is 23.4 Å². The van der Waals surface area contributed by atoms with Crippen LogP contribution in [0.15, 0.2) is 18.3 Å². The summed E-state index contributed by atoms with van der Waals surface area (Å²) in [5.74, 6) is 0. The number of hydrogen-bond acceptors (Lipinski definition) is 2. The van der Waals surface area contributed by atoms with Crippen molar-refractivity contribution >= 4 is 5.57 Å². The lowest BCUT2D eigenvalue weighted by atomic mass is 10.2. The number of nitrogens with one attached hydrogen (secondary N) is 1. The van der Waals surface area contributed by atoms with Gasteiger partial charge in [-0.3, -0.25) is 4.68 Å². The fraction of sp³-hybridized carbons (Fsp3) is 0.545. The zero-order valence-electron chi connectivity index (χ0n) is 9.25. The molecule has 0 radical (unpaired) electrons.